The third-order valence-electron chi connectivity index (χ3n) is 3.08. The van der Waals surface area contributed by atoms with Gasteiger partial charge in [0.15, 0.2) is 5.96 Å². The van der Waals surface area contributed by atoms with Crippen molar-refractivity contribution in [2.24, 2.45) is 4.99 Å². The minimum absolute atomic E-state index is 0. The molecule has 1 rings (SSSR count). The van der Waals surface area contributed by atoms with Crippen molar-refractivity contribution in [3.8, 4) is 18.1 Å². The van der Waals surface area contributed by atoms with Crippen LogP contribution in [0.3, 0.4) is 0 Å². The van der Waals surface area contributed by atoms with Crippen molar-refractivity contribution < 1.29 is 4.74 Å². The molecule has 0 unspecified atom stereocenters. The van der Waals surface area contributed by atoms with E-state index in [0.717, 1.165) is 50.6 Å². The van der Waals surface area contributed by atoms with E-state index >= 15 is 0 Å². The molecule has 1 aromatic rings. The smallest absolute Gasteiger partial charge is 0.191 e. The number of benzene rings is 1. The van der Waals surface area contributed by atoms with E-state index in [9.17, 15) is 0 Å². The Labute approximate surface area is 157 Å². The molecule has 0 heterocycles. The molecule has 0 aromatic heterocycles. The van der Waals surface area contributed by atoms with E-state index in [1.165, 1.54) is 5.56 Å². The third kappa shape index (κ3) is 10.1. The molecule has 2 N–H and O–H groups in total. The van der Waals surface area contributed by atoms with Crippen LogP contribution in [-0.4, -0.2) is 32.2 Å². The Hall–Kier alpha value is -1.42. The van der Waals surface area contributed by atoms with Crippen LogP contribution in [-0.2, 0) is 6.42 Å². The highest BCUT2D eigenvalue weighted by Crippen LogP contribution is 2.12. The average Bonchev–Trinajstić information content (AvgIpc) is 2.54. The first kappa shape index (κ1) is 21.6. The van der Waals surface area contributed by atoms with E-state index in [0.29, 0.717) is 6.61 Å². The van der Waals surface area contributed by atoms with Gasteiger partial charge in [-0.2, -0.15) is 0 Å². The maximum atomic E-state index is 5.36. The summed E-state index contributed by atoms with van der Waals surface area (Å²) in [7, 11) is 0. The Morgan fingerprint density at radius 1 is 1.22 bits per heavy atom. The van der Waals surface area contributed by atoms with Gasteiger partial charge in [-0.25, -0.2) is 0 Å². The van der Waals surface area contributed by atoms with Gasteiger partial charge in [-0.3, -0.25) is 4.99 Å². The molecule has 4 nitrogen and oxygen atoms in total. The first-order valence-corrected chi connectivity index (χ1v) is 7.97. The molecular formula is C18H28IN3O. The predicted molar refractivity (Wildman–Crippen MR) is 109 cm³/mol. The van der Waals surface area contributed by atoms with E-state index in [2.05, 4.69) is 47.5 Å². The molecule has 0 aliphatic rings. The lowest BCUT2D eigenvalue weighted by molar-refractivity contribution is 0.370. The van der Waals surface area contributed by atoms with Gasteiger partial charge in [0, 0.05) is 19.6 Å². The fourth-order valence-electron chi connectivity index (χ4n) is 1.89. The molecule has 0 aliphatic carbocycles. The van der Waals surface area contributed by atoms with Gasteiger partial charge >= 0.3 is 0 Å². The van der Waals surface area contributed by atoms with Crippen LogP contribution in [0.25, 0.3) is 0 Å². The Morgan fingerprint density at radius 3 is 2.57 bits per heavy atom. The predicted octanol–water partition coefficient (Wildman–Crippen LogP) is 3.21. The van der Waals surface area contributed by atoms with Gasteiger partial charge in [0.1, 0.15) is 12.4 Å². The number of nitrogens with one attached hydrogen (secondary N) is 2. The Balaban J connectivity index is 0.00000484. The Morgan fingerprint density at radius 2 is 1.96 bits per heavy atom. The van der Waals surface area contributed by atoms with Crippen LogP contribution in [0.4, 0.5) is 0 Å². The molecular weight excluding hydrogens is 401 g/mol. The van der Waals surface area contributed by atoms with Crippen LogP contribution in [0.15, 0.2) is 29.3 Å². The van der Waals surface area contributed by atoms with Crippen LogP contribution in [0.1, 0.15) is 32.3 Å². The second kappa shape index (κ2) is 14.2. The molecule has 0 saturated carbocycles. The number of guanidine groups is 1. The minimum atomic E-state index is 0. The van der Waals surface area contributed by atoms with Crippen LogP contribution in [0.5, 0.6) is 5.75 Å². The fourth-order valence-corrected chi connectivity index (χ4v) is 1.89. The molecule has 0 aliphatic heterocycles. The number of terminal acetylenes is 1. The summed E-state index contributed by atoms with van der Waals surface area (Å²) < 4.78 is 5.36. The summed E-state index contributed by atoms with van der Waals surface area (Å²) in [5, 5.41) is 6.62. The molecule has 0 spiro atoms. The van der Waals surface area contributed by atoms with E-state index in [-0.39, 0.29) is 24.0 Å². The topological polar surface area (TPSA) is 45.6 Å². The standard InChI is InChI=1S/C18H27N3O.HI/c1-4-7-13-20-18(19-6-3)21-14-12-16-8-10-17(11-9-16)22-15-5-2;/h2,8-11H,4,6-7,12-15H2,1,3H3,(H2,19,20,21);1H. The number of unbranched alkanes of at least 4 members (excludes halogenated alkanes) is 1. The summed E-state index contributed by atoms with van der Waals surface area (Å²) in [6.07, 6.45) is 8.39. The largest absolute Gasteiger partial charge is 0.481 e. The molecule has 0 fully saturated rings. The normalized spacial score (nSPS) is 10.4. The van der Waals surface area contributed by atoms with E-state index in [1.807, 2.05) is 12.1 Å². The number of rotatable bonds is 9. The number of hydrogen-bond donors (Lipinski definition) is 2. The second-order valence-corrected chi connectivity index (χ2v) is 4.93. The summed E-state index contributed by atoms with van der Waals surface area (Å²) in [6, 6.07) is 8.03. The van der Waals surface area contributed by atoms with E-state index < -0.39 is 0 Å². The fraction of sp³-hybridized carbons (Fsp3) is 0.500. The highest BCUT2D eigenvalue weighted by atomic mass is 127. The zero-order chi connectivity index (χ0) is 16.0. The quantitative estimate of drug-likeness (QED) is 0.208. The lowest BCUT2D eigenvalue weighted by Crippen LogP contribution is -2.38. The van der Waals surface area contributed by atoms with E-state index in [4.69, 9.17) is 11.2 Å². The van der Waals surface area contributed by atoms with Crippen molar-refractivity contribution in [1.29, 1.82) is 0 Å². The molecule has 5 heteroatoms. The van der Waals surface area contributed by atoms with Gasteiger partial charge in [-0.15, -0.1) is 30.4 Å². The maximum absolute atomic E-state index is 5.36. The lowest BCUT2D eigenvalue weighted by Gasteiger charge is -2.11. The highest BCUT2D eigenvalue weighted by Gasteiger charge is 1.98. The second-order valence-electron chi connectivity index (χ2n) is 4.93. The van der Waals surface area contributed by atoms with Crippen molar-refractivity contribution in [2.75, 3.05) is 26.2 Å². The van der Waals surface area contributed by atoms with Gasteiger partial charge in [0.25, 0.3) is 0 Å². The number of aliphatic imine (C=N–C) groups is 1. The van der Waals surface area contributed by atoms with Crippen molar-refractivity contribution >= 4 is 29.9 Å². The van der Waals surface area contributed by atoms with Gasteiger partial charge in [0.2, 0.25) is 0 Å². The van der Waals surface area contributed by atoms with E-state index in [1.54, 1.807) is 0 Å². The summed E-state index contributed by atoms with van der Waals surface area (Å²) in [6.45, 7) is 7.15. The van der Waals surface area contributed by atoms with Gasteiger partial charge < -0.3 is 15.4 Å². The van der Waals surface area contributed by atoms with Crippen molar-refractivity contribution in [2.45, 2.75) is 33.1 Å². The summed E-state index contributed by atoms with van der Waals surface area (Å²) in [5.41, 5.74) is 1.25. The summed E-state index contributed by atoms with van der Waals surface area (Å²) in [5.74, 6) is 4.16. The first-order valence-electron chi connectivity index (χ1n) is 7.97. The molecule has 0 radical (unpaired) electrons. The van der Waals surface area contributed by atoms with Crippen LogP contribution < -0.4 is 15.4 Å². The van der Waals surface area contributed by atoms with Gasteiger partial charge in [-0.1, -0.05) is 31.4 Å². The van der Waals surface area contributed by atoms with Crippen LogP contribution in [0, 0.1) is 12.3 Å². The van der Waals surface area contributed by atoms with Gasteiger partial charge in [-0.05, 0) is 37.5 Å². The molecule has 0 atom stereocenters. The Bertz CT molecular complexity index is 480. The molecule has 0 saturated heterocycles. The summed E-state index contributed by atoms with van der Waals surface area (Å²) in [4.78, 5) is 4.54. The number of halogens is 1. The third-order valence-corrected chi connectivity index (χ3v) is 3.08. The van der Waals surface area contributed by atoms with Crippen molar-refractivity contribution in [1.82, 2.24) is 10.6 Å². The van der Waals surface area contributed by atoms with Crippen molar-refractivity contribution in [3.05, 3.63) is 29.8 Å². The van der Waals surface area contributed by atoms with Crippen LogP contribution in [0.2, 0.25) is 0 Å². The zero-order valence-electron chi connectivity index (χ0n) is 14.1. The maximum Gasteiger partial charge on any atom is 0.191 e. The molecule has 0 bridgehead atoms. The molecule has 128 valence electrons. The monoisotopic (exact) mass is 429 g/mol. The summed E-state index contributed by atoms with van der Waals surface area (Å²) >= 11 is 0. The van der Waals surface area contributed by atoms with Crippen molar-refractivity contribution in [3.63, 3.8) is 0 Å². The van der Waals surface area contributed by atoms with Gasteiger partial charge in [0.05, 0.1) is 0 Å². The lowest BCUT2D eigenvalue weighted by atomic mass is 10.1. The molecule has 0 amide bonds. The average molecular weight is 429 g/mol. The van der Waals surface area contributed by atoms with Crippen LogP contribution >= 0.6 is 24.0 Å². The highest BCUT2D eigenvalue weighted by molar-refractivity contribution is 14.0. The molecule has 1 aromatic carbocycles. The Kier molecular flexibility index (Phi) is 13.3. The minimum Gasteiger partial charge on any atom is -0.481 e. The number of nitrogens with zero attached hydrogens (tertiary/aromatic N) is 1. The SMILES string of the molecule is C#CCOc1ccc(CCNC(=NCCCC)NCC)cc1.I. The zero-order valence-corrected chi connectivity index (χ0v) is 16.4. The molecule has 23 heavy (non-hydrogen) atoms. The number of hydrogen-bond acceptors (Lipinski definition) is 2. The first-order chi connectivity index (χ1) is 10.8. The number of ether oxygens (including phenoxy) is 1.